The summed E-state index contributed by atoms with van der Waals surface area (Å²) in [6.45, 7) is 0. The van der Waals surface area contributed by atoms with Gasteiger partial charge in [0.2, 0.25) is 0 Å². The lowest BCUT2D eigenvalue weighted by Crippen LogP contribution is -1.62. The Kier molecular flexibility index (Phi) is 2.66. The van der Waals surface area contributed by atoms with Gasteiger partial charge in [0.15, 0.2) is 4.34 Å². The lowest BCUT2D eigenvalue weighted by molar-refractivity contribution is 1.26. The molecule has 1 aromatic rings. The number of nitrogens with zero attached hydrogens (tertiary/aromatic N) is 1. The Hall–Kier alpha value is 0.270. The Labute approximate surface area is 61.1 Å². The molecule has 44 valence electrons. The summed E-state index contributed by atoms with van der Waals surface area (Å²) in [6, 6.07) is 0. The van der Waals surface area contributed by atoms with Crippen LogP contribution < -0.4 is 0 Å². The third-order valence-corrected chi connectivity index (χ3v) is 2.58. The highest BCUT2D eigenvalue weighted by atomic mass is 35.5. The molecule has 0 saturated carbocycles. The van der Waals surface area contributed by atoms with Crippen LogP contribution in [0.25, 0.3) is 0 Å². The van der Waals surface area contributed by atoms with Crippen LogP contribution in [-0.2, 0) is 0 Å². The average molecular weight is 166 g/mol. The second kappa shape index (κ2) is 3.33. The molecule has 0 bridgehead atoms. The molecule has 0 aliphatic heterocycles. The maximum absolute atomic E-state index is 5.42. The van der Waals surface area contributed by atoms with Crippen molar-refractivity contribution in [2.75, 3.05) is 5.21 Å². The first-order chi connectivity index (χ1) is 3.93. The molecule has 1 nitrogen and oxygen atoms in total. The van der Waals surface area contributed by atoms with Crippen molar-refractivity contribution >= 4 is 34.7 Å². The molecule has 0 aliphatic carbocycles. The van der Waals surface area contributed by atoms with Crippen LogP contribution in [0.3, 0.4) is 0 Å². The molecular formula is C4H4ClNS2. The van der Waals surface area contributed by atoms with E-state index in [9.17, 15) is 0 Å². The maximum atomic E-state index is 5.42. The van der Waals surface area contributed by atoms with E-state index in [0.717, 1.165) is 4.34 Å². The average Bonchev–Trinajstić information content (AvgIpc) is 2.19. The fourth-order valence-electron chi connectivity index (χ4n) is 0.328. The molecule has 1 aromatic heterocycles. The van der Waals surface area contributed by atoms with E-state index >= 15 is 0 Å². The van der Waals surface area contributed by atoms with Crippen molar-refractivity contribution in [3.05, 3.63) is 11.6 Å². The molecule has 1 rings (SSSR count). The van der Waals surface area contributed by atoms with E-state index in [1.165, 1.54) is 0 Å². The van der Waals surface area contributed by atoms with Crippen molar-refractivity contribution in [3.63, 3.8) is 0 Å². The van der Waals surface area contributed by atoms with Crippen LogP contribution in [0.1, 0.15) is 0 Å². The van der Waals surface area contributed by atoms with E-state index < -0.39 is 0 Å². The SMILES string of the molecule is ClCSc1nccs1. The van der Waals surface area contributed by atoms with Crippen molar-refractivity contribution in [2.45, 2.75) is 4.34 Å². The predicted molar refractivity (Wildman–Crippen MR) is 38.7 cm³/mol. The first kappa shape index (κ1) is 6.39. The number of aromatic nitrogens is 1. The quantitative estimate of drug-likeness (QED) is 0.493. The van der Waals surface area contributed by atoms with E-state index in [-0.39, 0.29) is 0 Å². The molecule has 0 spiro atoms. The summed E-state index contributed by atoms with van der Waals surface area (Å²) in [5, 5.41) is 2.53. The lowest BCUT2D eigenvalue weighted by atomic mass is 11.0. The van der Waals surface area contributed by atoms with E-state index in [4.69, 9.17) is 11.6 Å². The summed E-state index contributed by atoms with van der Waals surface area (Å²) in [5.41, 5.74) is 0. The number of halogens is 1. The summed E-state index contributed by atoms with van der Waals surface area (Å²) >= 11 is 8.59. The van der Waals surface area contributed by atoms with E-state index in [2.05, 4.69) is 4.98 Å². The minimum absolute atomic E-state index is 0.591. The monoisotopic (exact) mass is 165 g/mol. The smallest absolute Gasteiger partial charge is 0.150 e. The molecule has 0 amide bonds. The largest absolute Gasteiger partial charge is 0.238 e. The van der Waals surface area contributed by atoms with Gasteiger partial charge in [0.05, 0.1) is 5.21 Å². The lowest BCUT2D eigenvalue weighted by Gasteiger charge is -1.82. The Morgan fingerprint density at radius 3 is 3.25 bits per heavy atom. The van der Waals surface area contributed by atoms with Crippen LogP contribution >= 0.6 is 34.7 Å². The summed E-state index contributed by atoms with van der Waals surface area (Å²) in [7, 11) is 0. The first-order valence-corrected chi connectivity index (χ1v) is 4.41. The van der Waals surface area contributed by atoms with Gasteiger partial charge in [0.1, 0.15) is 0 Å². The van der Waals surface area contributed by atoms with Crippen molar-refractivity contribution in [1.29, 1.82) is 0 Å². The highest BCUT2D eigenvalue weighted by Gasteiger charge is 1.90. The normalized spacial score (nSPS) is 9.62. The van der Waals surface area contributed by atoms with E-state index in [0.29, 0.717) is 5.21 Å². The highest BCUT2D eigenvalue weighted by Crippen LogP contribution is 2.20. The zero-order valence-corrected chi connectivity index (χ0v) is 6.39. The van der Waals surface area contributed by atoms with E-state index in [1.807, 2.05) is 5.38 Å². The van der Waals surface area contributed by atoms with Gasteiger partial charge in [-0.2, -0.15) is 0 Å². The highest BCUT2D eigenvalue weighted by molar-refractivity contribution is 8.02. The Bertz CT molecular complexity index is 140. The molecule has 0 aliphatic rings. The van der Waals surface area contributed by atoms with Crippen LogP contribution in [0, 0.1) is 0 Å². The van der Waals surface area contributed by atoms with Crippen molar-refractivity contribution in [2.24, 2.45) is 0 Å². The van der Waals surface area contributed by atoms with Crippen LogP contribution in [0.5, 0.6) is 0 Å². The zero-order chi connectivity index (χ0) is 5.82. The number of rotatable bonds is 2. The number of alkyl halides is 1. The number of hydrogen-bond donors (Lipinski definition) is 0. The molecule has 0 fully saturated rings. The maximum Gasteiger partial charge on any atom is 0.150 e. The molecule has 0 radical (unpaired) electrons. The minimum atomic E-state index is 0.591. The van der Waals surface area contributed by atoms with E-state index in [1.54, 1.807) is 29.3 Å². The van der Waals surface area contributed by atoms with Crippen molar-refractivity contribution in [1.82, 2.24) is 4.98 Å². The topological polar surface area (TPSA) is 12.9 Å². The van der Waals surface area contributed by atoms with Crippen LogP contribution in [0.15, 0.2) is 15.9 Å². The second-order valence-electron chi connectivity index (χ2n) is 1.05. The Morgan fingerprint density at radius 1 is 1.88 bits per heavy atom. The van der Waals surface area contributed by atoms with Crippen LogP contribution in [0.4, 0.5) is 0 Å². The standard InChI is InChI=1S/C4H4ClNS2/c5-3-8-4-6-1-2-7-4/h1-2H,3H2. The second-order valence-corrected chi connectivity index (χ2v) is 3.75. The molecule has 8 heavy (non-hydrogen) atoms. The molecule has 0 aromatic carbocycles. The molecule has 0 N–H and O–H groups in total. The summed E-state index contributed by atoms with van der Waals surface area (Å²) in [5.74, 6) is 0. The Morgan fingerprint density at radius 2 is 2.75 bits per heavy atom. The molecule has 1 heterocycles. The molecule has 0 atom stereocenters. The molecular weight excluding hydrogens is 162 g/mol. The summed E-state index contributed by atoms with van der Waals surface area (Å²) < 4.78 is 1.04. The van der Waals surface area contributed by atoms with Gasteiger partial charge in [-0.1, -0.05) is 11.8 Å². The molecule has 0 saturated heterocycles. The predicted octanol–water partition coefficient (Wildman–Crippen LogP) is 2.43. The van der Waals surface area contributed by atoms with Gasteiger partial charge in [-0.25, -0.2) is 4.98 Å². The summed E-state index contributed by atoms with van der Waals surface area (Å²) in [4.78, 5) is 4.00. The summed E-state index contributed by atoms with van der Waals surface area (Å²) in [6.07, 6.45) is 1.78. The van der Waals surface area contributed by atoms with Crippen molar-refractivity contribution < 1.29 is 0 Å². The Balaban J connectivity index is 2.50. The van der Waals surface area contributed by atoms with Crippen LogP contribution in [0.2, 0.25) is 0 Å². The number of thioether (sulfide) groups is 1. The van der Waals surface area contributed by atoms with Crippen LogP contribution in [-0.4, -0.2) is 10.2 Å². The zero-order valence-electron chi connectivity index (χ0n) is 4.00. The molecule has 0 unspecified atom stereocenters. The fraction of sp³-hybridized carbons (Fsp3) is 0.250. The third-order valence-electron chi connectivity index (χ3n) is 0.588. The van der Waals surface area contributed by atoms with Gasteiger partial charge in [-0.15, -0.1) is 22.9 Å². The van der Waals surface area contributed by atoms with Gasteiger partial charge in [-0.05, 0) is 0 Å². The van der Waals surface area contributed by atoms with Gasteiger partial charge >= 0.3 is 0 Å². The minimum Gasteiger partial charge on any atom is -0.238 e. The third kappa shape index (κ3) is 1.65. The van der Waals surface area contributed by atoms with Gasteiger partial charge in [0.25, 0.3) is 0 Å². The first-order valence-electron chi connectivity index (χ1n) is 2.02. The van der Waals surface area contributed by atoms with Crippen molar-refractivity contribution in [3.8, 4) is 0 Å². The van der Waals surface area contributed by atoms with Gasteiger partial charge in [-0.3, -0.25) is 0 Å². The van der Waals surface area contributed by atoms with Gasteiger partial charge in [0, 0.05) is 11.6 Å². The van der Waals surface area contributed by atoms with Gasteiger partial charge < -0.3 is 0 Å². The number of thiazole rings is 1. The molecule has 4 heteroatoms. The fourth-order valence-corrected chi connectivity index (χ4v) is 2.04. The number of hydrogen-bond acceptors (Lipinski definition) is 3.